The molecule has 0 unspecified atom stereocenters. The molecule has 0 rings (SSSR count). The molecular weight excluding hydrogens is 330 g/mol. The predicted octanol–water partition coefficient (Wildman–Crippen LogP) is 7.92. The zero-order chi connectivity index (χ0) is 19.5. The van der Waals surface area contributed by atoms with Crippen LogP contribution in [0.2, 0.25) is 0 Å². The van der Waals surface area contributed by atoms with Crippen LogP contribution in [0.4, 0.5) is 8.78 Å². The van der Waals surface area contributed by atoms with E-state index in [1.165, 1.54) is 57.8 Å². The van der Waals surface area contributed by atoms with Crippen LogP contribution in [0.3, 0.4) is 0 Å². The molecule has 0 aromatic carbocycles. The Morgan fingerprint density at radius 2 is 1.15 bits per heavy atom. The van der Waals surface area contributed by atoms with Crippen molar-refractivity contribution < 1.29 is 13.5 Å². The number of ether oxygens (including phenoxy) is 1. The topological polar surface area (TPSA) is 9.23 Å². The molecule has 0 radical (unpaired) electrons. The highest BCUT2D eigenvalue weighted by Crippen LogP contribution is 2.27. The summed E-state index contributed by atoms with van der Waals surface area (Å²) in [5.74, 6) is 0.170. The Labute approximate surface area is 161 Å². The van der Waals surface area contributed by atoms with Crippen molar-refractivity contribution in [1.82, 2.24) is 0 Å². The van der Waals surface area contributed by atoms with E-state index in [4.69, 9.17) is 11.2 Å². The second-order valence-corrected chi connectivity index (χ2v) is 7.83. The average Bonchev–Trinajstić information content (AvgIpc) is 2.59. The Morgan fingerprint density at radius 1 is 0.731 bits per heavy atom. The molecule has 0 aliphatic heterocycles. The summed E-state index contributed by atoms with van der Waals surface area (Å²) in [6, 6.07) is 0. The van der Waals surface area contributed by atoms with Crippen LogP contribution in [0, 0.1) is 12.3 Å². The number of hydrogen-bond donors (Lipinski definition) is 0. The summed E-state index contributed by atoms with van der Waals surface area (Å²) in [5, 5.41) is 0. The molecular formula is C23H42F2O. The van der Waals surface area contributed by atoms with Crippen LogP contribution in [-0.2, 0) is 4.74 Å². The summed E-state index contributed by atoms with van der Waals surface area (Å²) in [6.07, 6.45) is 20.8. The van der Waals surface area contributed by atoms with Gasteiger partial charge < -0.3 is 4.74 Å². The number of hydrogen-bond acceptors (Lipinski definition) is 1. The number of rotatable bonds is 19. The minimum absolute atomic E-state index is 0.0361. The molecule has 1 nitrogen and oxygen atoms in total. The van der Waals surface area contributed by atoms with Crippen molar-refractivity contribution in [3.8, 4) is 12.3 Å². The molecule has 0 atom stereocenters. The van der Waals surface area contributed by atoms with Gasteiger partial charge in [0.05, 0.1) is 6.10 Å². The minimum Gasteiger partial charge on any atom is -0.379 e. The summed E-state index contributed by atoms with van der Waals surface area (Å²) >= 11 is 0. The van der Waals surface area contributed by atoms with E-state index in [1.54, 1.807) is 0 Å². The van der Waals surface area contributed by atoms with E-state index in [0.717, 1.165) is 19.3 Å². The van der Waals surface area contributed by atoms with Crippen molar-refractivity contribution >= 4 is 0 Å². The quantitative estimate of drug-likeness (QED) is 0.165. The van der Waals surface area contributed by atoms with Gasteiger partial charge in [0.15, 0.2) is 0 Å². The third kappa shape index (κ3) is 19.7. The van der Waals surface area contributed by atoms with Gasteiger partial charge in [0.25, 0.3) is 0 Å². The molecule has 0 aromatic heterocycles. The molecule has 0 spiro atoms. The number of alkyl halides is 2. The van der Waals surface area contributed by atoms with E-state index in [9.17, 15) is 8.78 Å². The lowest BCUT2D eigenvalue weighted by Gasteiger charge is -2.16. The first kappa shape index (κ1) is 25.4. The number of halogens is 2. The van der Waals surface area contributed by atoms with Gasteiger partial charge in [-0.25, -0.2) is 8.78 Å². The monoisotopic (exact) mass is 372 g/mol. The molecule has 0 aliphatic carbocycles. The van der Waals surface area contributed by atoms with Gasteiger partial charge in [-0.1, -0.05) is 64.2 Å². The fraction of sp³-hybridized carbons (Fsp3) is 0.913. The summed E-state index contributed by atoms with van der Waals surface area (Å²) in [4.78, 5) is 0. The van der Waals surface area contributed by atoms with Crippen LogP contribution < -0.4 is 0 Å². The fourth-order valence-corrected chi connectivity index (χ4v) is 3.15. The maximum atomic E-state index is 13.7. The van der Waals surface area contributed by atoms with E-state index < -0.39 is 5.92 Å². The third-order valence-corrected chi connectivity index (χ3v) is 4.75. The molecule has 0 heterocycles. The molecule has 0 amide bonds. The van der Waals surface area contributed by atoms with E-state index in [1.807, 2.05) is 13.8 Å². The second-order valence-electron chi connectivity index (χ2n) is 7.83. The van der Waals surface area contributed by atoms with Gasteiger partial charge in [0.1, 0.15) is 0 Å². The van der Waals surface area contributed by atoms with Crippen LogP contribution in [0.5, 0.6) is 0 Å². The van der Waals surface area contributed by atoms with Crippen LogP contribution in [0.15, 0.2) is 0 Å². The van der Waals surface area contributed by atoms with Crippen molar-refractivity contribution in [2.24, 2.45) is 0 Å². The summed E-state index contributed by atoms with van der Waals surface area (Å²) < 4.78 is 32.8. The maximum Gasteiger partial charge on any atom is 0.248 e. The summed E-state index contributed by atoms with van der Waals surface area (Å²) in [5.41, 5.74) is 0. The van der Waals surface area contributed by atoms with Crippen molar-refractivity contribution in [3.63, 3.8) is 0 Å². The Hall–Kier alpha value is -0.620. The Balaban J connectivity index is 3.28. The molecule has 0 fully saturated rings. The standard InChI is InChI=1S/C23H42F2O/c1-4-5-6-7-8-9-10-11-12-13-14-15-16-17-19-23(24,25)20-18-21-26-22(2)3/h1,22H,5-21H2,2-3H3. The first-order chi connectivity index (χ1) is 12.5. The van der Waals surface area contributed by atoms with Gasteiger partial charge >= 0.3 is 0 Å². The lowest BCUT2D eigenvalue weighted by molar-refractivity contribution is -0.0299. The molecule has 154 valence electrons. The molecule has 0 bridgehead atoms. The SMILES string of the molecule is C#CCCCCCCCCCCCCCCC(F)(F)CCCOC(C)C. The first-order valence-corrected chi connectivity index (χ1v) is 10.9. The highest BCUT2D eigenvalue weighted by atomic mass is 19.3. The van der Waals surface area contributed by atoms with Gasteiger partial charge in [0, 0.05) is 25.9 Å². The van der Waals surface area contributed by atoms with E-state index in [2.05, 4.69) is 5.92 Å². The Bertz CT molecular complexity index is 334. The first-order valence-electron chi connectivity index (χ1n) is 10.9. The molecule has 26 heavy (non-hydrogen) atoms. The predicted molar refractivity (Wildman–Crippen MR) is 109 cm³/mol. The molecule has 0 saturated heterocycles. The minimum atomic E-state index is -2.51. The number of terminal acetylenes is 1. The number of unbranched alkanes of at least 4 members (excludes halogenated alkanes) is 12. The highest BCUT2D eigenvalue weighted by Gasteiger charge is 2.27. The maximum absolute atomic E-state index is 13.7. The van der Waals surface area contributed by atoms with Gasteiger partial charge in [-0.3, -0.25) is 0 Å². The third-order valence-electron chi connectivity index (χ3n) is 4.75. The van der Waals surface area contributed by atoms with Gasteiger partial charge in [-0.2, -0.15) is 0 Å². The van der Waals surface area contributed by atoms with Gasteiger partial charge in [-0.05, 0) is 33.1 Å². The van der Waals surface area contributed by atoms with Crippen LogP contribution in [0.25, 0.3) is 0 Å². The lowest BCUT2D eigenvalue weighted by Crippen LogP contribution is -2.17. The zero-order valence-corrected chi connectivity index (χ0v) is 17.3. The second kappa shape index (κ2) is 17.8. The Morgan fingerprint density at radius 3 is 1.62 bits per heavy atom. The Kier molecular flexibility index (Phi) is 17.4. The average molecular weight is 373 g/mol. The molecule has 3 heteroatoms. The van der Waals surface area contributed by atoms with Crippen molar-refractivity contribution in [2.75, 3.05) is 6.61 Å². The van der Waals surface area contributed by atoms with Crippen molar-refractivity contribution in [1.29, 1.82) is 0 Å². The lowest BCUT2D eigenvalue weighted by atomic mass is 10.0. The smallest absolute Gasteiger partial charge is 0.248 e. The van der Waals surface area contributed by atoms with Gasteiger partial charge in [0.2, 0.25) is 5.92 Å². The fourth-order valence-electron chi connectivity index (χ4n) is 3.15. The molecule has 0 aliphatic rings. The highest BCUT2D eigenvalue weighted by molar-refractivity contribution is 4.82. The van der Waals surface area contributed by atoms with Crippen LogP contribution in [-0.4, -0.2) is 18.6 Å². The van der Waals surface area contributed by atoms with Crippen LogP contribution >= 0.6 is 0 Å². The zero-order valence-electron chi connectivity index (χ0n) is 17.3. The van der Waals surface area contributed by atoms with E-state index in [-0.39, 0.29) is 18.9 Å². The van der Waals surface area contributed by atoms with Gasteiger partial charge in [-0.15, -0.1) is 12.3 Å². The molecule has 0 saturated carbocycles. The molecule has 0 aromatic rings. The van der Waals surface area contributed by atoms with E-state index in [0.29, 0.717) is 19.4 Å². The normalized spacial score (nSPS) is 11.8. The van der Waals surface area contributed by atoms with Crippen LogP contribution in [0.1, 0.15) is 117 Å². The van der Waals surface area contributed by atoms with E-state index >= 15 is 0 Å². The molecule has 0 N–H and O–H groups in total. The van der Waals surface area contributed by atoms with Crippen molar-refractivity contribution in [2.45, 2.75) is 129 Å². The summed E-state index contributed by atoms with van der Waals surface area (Å²) in [7, 11) is 0. The van der Waals surface area contributed by atoms with Crippen molar-refractivity contribution in [3.05, 3.63) is 0 Å². The summed E-state index contributed by atoms with van der Waals surface area (Å²) in [6.45, 7) is 4.31. The largest absolute Gasteiger partial charge is 0.379 e.